The van der Waals surface area contributed by atoms with Gasteiger partial charge in [0.05, 0.1) is 6.54 Å². The van der Waals surface area contributed by atoms with E-state index in [-0.39, 0.29) is 11.8 Å². The fraction of sp³-hybridized carbons (Fsp3) is 0.304. The zero-order chi connectivity index (χ0) is 19.3. The van der Waals surface area contributed by atoms with Crippen LogP contribution in [0.1, 0.15) is 18.1 Å². The van der Waals surface area contributed by atoms with E-state index in [1.165, 1.54) is 5.56 Å². The quantitative estimate of drug-likeness (QED) is 0.668. The van der Waals surface area contributed by atoms with Crippen molar-refractivity contribution in [1.29, 1.82) is 0 Å². The Kier molecular flexibility index (Phi) is 5.53. The maximum atomic E-state index is 12.4. The van der Waals surface area contributed by atoms with Crippen LogP contribution in [0, 0.1) is 11.8 Å². The Labute approximate surface area is 165 Å². The van der Waals surface area contributed by atoms with E-state index in [0.717, 1.165) is 36.3 Å². The summed E-state index contributed by atoms with van der Waals surface area (Å²) in [6, 6.07) is 18.8. The first-order valence-electron chi connectivity index (χ1n) is 9.84. The zero-order valence-electron chi connectivity index (χ0n) is 16.1. The third-order valence-electron chi connectivity index (χ3n) is 5.57. The molecule has 5 heteroatoms. The number of hydrogen-bond acceptors (Lipinski definition) is 3. The summed E-state index contributed by atoms with van der Waals surface area (Å²) >= 11 is 0. The molecule has 0 saturated carbocycles. The minimum atomic E-state index is 0.0509. The molecule has 5 nitrogen and oxygen atoms in total. The van der Waals surface area contributed by atoms with Crippen molar-refractivity contribution in [1.82, 2.24) is 20.4 Å². The zero-order valence-corrected chi connectivity index (χ0v) is 16.1. The van der Waals surface area contributed by atoms with Crippen LogP contribution in [0.5, 0.6) is 0 Å². The molecular formula is C23H26N4O. The average molecular weight is 374 g/mol. The summed E-state index contributed by atoms with van der Waals surface area (Å²) in [4.78, 5) is 12.4. The Hall–Kier alpha value is -2.92. The fourth-order valence-corrected chi connectivity index (χ4v) is 3.55. The van der Waals surface area contributed by atoms with Gasteiger partial charge in [0.2, 0.25) is 5.91 Å². The number of rotatable bonds is 7. The summed E-state index contributed by atoms with van der Waals surface area (Å²) in [5.41, 5.74) is 4.66. The van der Waals surface area contributed by atoms with Crippen LogP contribution in [0.2, 0.25) is 0 Å². The van der Waals surface area contributed by atoms with Gasteiger partial charge in [-0.25, -0.2) is 0 Å². The summed E-state index contributed by atoms with van der Waals surface area (Å²) in [6.07, 6.45) is 3.76. The Morgan fingerprint density at radius 3 is 2.64 bits per heavy atom. The number of aromatic nitrogens is 2. The molecule has 1 aliphatic rings. The maximum Gasteiger partial charge on any atom is 0.223 e. The molecule has 3 aromatic rings. The predicted octanol–water partition coefficient (Wildman–Crippen LogP) is 3.07. The highest BCUT2D eigenvalue weighted by Crippen LogP contribution is 2.25. The molecule has 144 valence electrons. The lowest BCUT2D eigenvalue weighted by molar-refractivity contribution is -0.126. The second-order valence-corrected chi connectivity index (χ2v) is 7.48. The molecule has 1 aliphatic heterocycles. The number of carbonyl (C=O) groups is 1. The largest absolute Gasteiger partial charge is 0.352 e. The SMILES string of the molecule is CC(C(=O)NCc1ccccc1-c1ccc(Cn2cccn2)cc1)C1CNC1. The molecule has 1 atom stereocenters. The molecular weight excluding hydrogens is 348 g/mol. The van der Waals surface area contributed by atoms with Crippen LogP contribution in [-0.2, 0) is 17.9 Å². The molecule has 0 bridgehead atoms. The van der Waals surface area contributed by atoms with Crippen molar-refractivity contribution in [2.24, 2.45) is 11.8 Å². The first-order chi connectivity index (χ1) is 13.7. The minimum absolute atomic E-state index is 0.0509. The van der Waals surface area contributed by atoms with Crippen molar-refractivity contribution in [2.75, 3.05) is 13.1 Å². The summed E-state index contributed by atoms with van der Waals surface area (Å²) in [5, 5.41) is 10.6. The Morgan fingerprint density at radius 2 is 1.96 bits per heavy atom. The van der Waals surface area contributed by atoms with Gasteiger partial charge in [-0.3, -0.25) is 9.48 Å². The summed E-state index contributed by atoms with van der Waals surface area (Å²) in [5.74, 6) is 0.642. The first kappa shape index (κ1) is 18.4. The molecule has 1 amide bonds. The van der Waals surface area contributed by atoms with Crippen LogP contribution in [0.3, 0.4) is 0 Å². The number of carbonyl (C=O) groups excluding carboxylic acids is 1. The summed E-state index contributed by atoms with van der Waals surface area (Å²) in [6.45, 7) is 5.21. The second-order valence-electron chi connectivity index (χ2n) is 7.48. The van der Waals surface area contributed by atoms with Gasteiger partial charge < -0.3 is 10.6 Å². The normalized spacial score (nSPS) is 15.0. The number of benzene rings is 2. The van der Waals surface area contributed by atoms with E-state index in [1.54, 1.807) is 6.20 Å². The van der Waals surface area contributed by atoms with Gasteiger partial charge in [0.15, 0.2) is 0 Å². The van der Waals surface area contributed by atoms with Crippen molar-refractivity contribution < 1.29 is 4.79 Å². The standard InChI is InChI=1S/C23H26N4O/c1-17(21-13-24-14-21)23(28)25-15-20-5-2-3-6-22(20)19-9-7-18(8-10-19)16-27-12-4-11-26-27/h2-12,17,21,24H,13-16H2,1H3,(H,25,28). The molecule has 4 rings (SSSR count). The molecule has 1 unspecified atom stereocenters. The van der Waals surface area contributed by atoms with Gasteiger partial charge in [0.1, 0.15) is 0 Å². The summed E-state index contributed by atoms with van der Waals surface area (Å²) < 4.78 is 1.91. The lowest BCUT2D eigenvalue weighted by atomic mass is 9.88. The smallest absolute Gasteiger partial charge is 0.223 e. The lowest BCUT2D eigenvalue weighted by Crippen LogP contribution is -2.49. The predicted molar refractivity (Wildman–Crippen MR) is 111 cm³/mol. The van der Waals surface area contributed by atoms with Crippen molar-refractivity contribution in [3.63, 3.8) is 0 Å². The fourth-order valence-electron chi connectivity index (χ4n) is 3.55. The Bertz CT molecular complexity index is 914. The molecule has 2 aromatic carbocycles. The molecule has 0 spiro atoms. The third kappa shape index (κ3) is 4.15. The molecule has 2 heterocycles. The van der Waals surface area contributed by atoms with Crippen molar-refractivity contribution >= 4 is 5.91 Å². The van der Waals surface area contributed by atoms with E-state index in [2.05, 4.69) is 52.1 Å². The molecule has 1 fully saturated rings. The van der Waals surface area contributed by atoms with E-state index in [4.69, 9.17) is 0 Å². The molecule has 0 radical (unpaired) electrons. The number of amides is 1. The molecule has 0 aliphatic carbocycles. The third-order valence-corrected chi connectivity index (χ3v) is 5.57. The van der Waals surface area contributed by atoms with Crippen LogP contribution in [0.4, 0.5) is 0 Å². The highest BCUT2D eigenvalue weighted by atomic mass is 16.1. The topological polar surface area (TPSA) is 59.0 Å². The van der Waals surface area contributed by atoms with Crippen LogP contribution in [0.25, 0.3) is 11.1 Å². The molecule has 2 N–H and O–H groups in total. The van der Waals surface area contributed by atoms with Crippen LogP contribution < -0.4 is 10.6 Å². The van der Waals surface area contributed by atoms with E-state index >= 15 is 0 Å². The highest BCUT2D eigenvalue weighted by Gasteiger charge is 2.28. The molecule has 1 aromatic heterocycles. The average Bonchev–Trinajstić information content (AvgIpc) is 3.18. The van der Waals surface area contributed by atoms with E-state index in [0.29, 0.717) is 12.5 Å². The number of hydrogen-bond donors (Lipinski definition) is 2. The number of nitrogens with zero attached hydrogens (tertiary/aromatic N) is 2. The van der Waals surface area contributed by atoms with Crippen LogP contribution in [0.15, 0.2) is 67.0 Å². The maximum absolute atomic E-state index is 12.4. The van der Waals surface area contributed by atoms with Crippen molar-refractivity contribution in [3.05, 3.63) is 78.1 Å². The molecule has 28 heavy (non-hydrogen) atoms. The second kappa shape index (κ2) is 8.40. The van der Waals surface area contributed by atoms with Gasteiger partial charge in [0, 0.05) is 24.9 Å². The summed E-state index contributed by atoms with van der Waals surface area (Å²) in [7, 11) is 0. The minimum Gasteiger partial charge on any atom is -0.352 e. The van der Waals surface area contributed by atoms with Gasteiger partial charge in [-0.2, -0.15) is 5.10 Å². The van der Waals surface area contributed by atoms with Gasteiger partial charge in [-0.1, -0.05) is 55.5 Å². The van der Waals surface area contributed by atoms with Gasteiger partial charge in [0.25, 0.3) is 0 Å². The van der Waals surface area contributed by atoms with E-state index < -0.39 is 0 Å². The Balaban J connectivity index is 1.44. The van der Waals surface area contributed by atoms with Gasteiger partial charge in [-0.05, 0) is 47.3 Å². The van der Waals surface area contributed by atoms with Crippen LogP contribution in [-0.4, -0.2) is 28.8 Å². The lowest BCUT2D eigenvalue weighted by Gasteiger charge is -2.31. The first-order valence-corrected chi connectivity index (χ1v) is 9.84. The van der Waals surface area contributed by atoms with E-state index in [9.17, 15) is 4.79 Å². The highest BCUT2D eigenvalue weighted by molar-refractivity contribution is 5.79. The van der Waals surface area contributed by atoms with Gasteiger partial charge in [-0.15, -0.1) is 0 Å². The Morgan fingerprint density at radius 1 is 1.18 bits per heavy atom. The van der Waals surface area contributed by atoms with Crippen molar-refractivity contribution in [2.45, 2.75) is 20.0 Å². The molecule has 1 saturated heterocycles. The van der Waals surface area contributed by atoms with E-state index in [1.807, 2.05) is 36.0 Å². The van der Waals surface area contributed by atoms with Crippen LogP contribution >= 0.6 is 0 Å². The monoisotopic (exact) mass is 374 g/mol. The van der Waals surface area contributed by atoms with Crippen molar-refractivity contribution in [3.8, 4) is 11.1 Å². The number of nitrogens with one attached hydrogen (secondary N) is 2. The van der Waals surface area contributed by atoms with Gasteiger partial charge >= 0.3 is 0 Å².